The summed E-state index contributed by atoms with van der Waals surface area (Å²) >= 11 is 0. The highest BCUT2D eigenvalue weighted by atomic mass is 32.2. The van der Waals surface area contributed by atoms with E-state index >= 15 is 0 Å². The maximum atomic E-state index is 13.0. The Balaban J connectivity index is 1.57. The van der Waals surface area contributed by atoms with Crippen LogP contribution in [0.5, 0.6) is 0 Å². The van der Waals surface area contributed by atoms with Gasteiger partial charge in [-0.25, -0.2) is 8.42 Å². The van der Waals surface area contributed by atoms with E-state index in [0.717, 1.165) is 32.4 Å². The fourth-order valence-electron chi connectivity index (χ4n) is 4.70. The predicted octanol–water partition coefficient (Wildman–Crippen LogP) is 4.12. The smallest absolute Gasteiger partial charge is 0.243 e. The Morgan fingerprint density at radius 3 is 2.23 bits per heavy atom. The zero-order chi connectivity index (χ0) is 22.2. The highest BCUT2D eigenvalue weighted by Gasteiger charge is 2.29. The Morgan fingerprint density at radius 1 is 1.03 bits per heavy atom. The van der Waals surface area contributed by atoms with Crippen LogP contribution in [0.25, 0.3) is 11.5 Å². The van der Waals surface area contributed by atoms with Crippen LogP contribution in [0.3, 0.4) is 0 Å². The average Bonchev–Trinajstić information content (AvgIpc) is 3.18. The topological polar surface area (TPSA) is 90.4 Å². The van der Waals surface area contributed by atoms with Gasteiger partial charge in [0.1, 0.15) is 6.07 Å². The van der Waals surface area contributed by atoms with E-state index in [-0.39, 0.29) is 10.6 Å². The van der Waals surface area contributed by atoms with Crippen LogP contribution in [0.2, 0.25) is 0 Å². The van der Waals surface area contributed by atoms with Gasteiger partial charge < -0.3 is 9.32 Å². The lowest BCUT2D eigenvalue weighted by molar-refractivity contribution is 0.288. The molecule has 0 saturated carbocycles. The Labute approximate surface area is 184 Å². The van der Waals surface area contributed by atoms with Crippen molar-refractivity contribution in [3.63, 3.8) is 0 Å². The molecule has 1 aromatic heterocycles. The van der Waals surface area contributed by atoms with E-state index in [0.29, 0.717) is 48.2 Å². The molecule has 0 bridgehead atoms. The normalized spacial score (nSPS) is 23.6. The van der Waals surface area contributed by atoms with Crippen LogP contribution in [0.15, 0.2) is 33.6 Å². The fraction of sp³-hybridized carbons (Fsp3) is 0.565. The minimum absolute atomic E-state index is 0.274. The van der Waals surface area contributed by atoms with Crippen LogP contribution in [0.4, 0.5) is 5.88 Å². The molecular formula is C23H30N4O3S. The second-order valence-corrected chi connectivity index (χ2v) is 11.2. The lowest BCUT2D eigenvalue weighted by Crippen LogP contribution is -2.38. The van der Waals surface area contributed by atoms with Gasteiger partial charge in [0.15, 0.2) is 0 Å². The summed E-state index contributed by atoms with van der Waals surface area (Å²) in [6.45, 7) is 9.35. The molecule has 166 valence electrons. The maximum absolute atomic E-state index is 13.0. The molecule has 2 saturated heterocycles. The molecule has 2 aromatic rings. The molecule has 0 N–H and O–H groups in total. The van der Waals surface area contributed by atoms with Crippen molar-refractivity contribution in [1.82, 2.24) is 9.29 Å². The zero-order valence-electron chi connectivity index (χ0n) is 18.4. The molecule has 2 unspecified atom stereocenters. The minimum atomic E-state index is -3.50. The van der Waals surface area contributed by atoms with Crippen LogP contribution >= 0.6 is 0 Å². The lowest BCUT2D eigenvalue weighted by atomic mass is 9.92. The molecule has 4 rings (SSSR count). The Bertz CT molecular complexity index is 1050. The summed E-state index contributed by atoms with van der Waals surface area (Å²) in [6.07, 6.45) is 2.94. The van der Waals surface area contributed by atoms with Gasteiger partial charge in [0.25, 0.3) is 0 Å². The Kier molecular flexibility index (Phi) is 6.09. The molecule has 2 aliphatic rings. The Hall–Kier alpha value is -2.37. The number of nitrogens with zero attached hydrogens (tertiary/aromatic N) is 4. The Morgan fingerprint density at radius 2 is 1.65 bits per heavy atom. The highest BCUT2D eigenvalue weighted by Crippen LogP contribution is 2.33. The number of aromatic nitrogens is 1. The van der Waals surface area contributed by atoms with Crippen molar-refractivity contribution < 1.29 is 12.8 Å². The van der Waals surface area contributed by atoms with Gasteiger partial charge in [-0.2, -0.15) is 14.6 Å². The molecule has 0 spiro atoms. The number of hydrogen-bond donors (Lipinski definition) is 0. The quantitative estimate of drug-likeness (QED) is 0.708. The first-order chi connectivity index (χ1) is 14.8. The molecule has 1 aromatic carbocycles. The van der Waals surface area contributed by atoms with Crippen LogP contribution in [-0.4, -0.2) is 43.9 Å². The number of sulfonamides is 1. The van der Waals surface area contributed by atoms with Crippen molar-refractivity contribution in [3.8, 4) is 17.5 Å². The number of anilines is 1. The van der Waals surface area contributed by atoms with Gasteiger partial charge in [0.2, 0.25) is 27.5 Å². The summed E-state index contributed by atoms with van der Waals surface area (Å²) in [7, 11) is -3.50. The summed E-state index contributed by atoms with van der Waals surface area (Å²) < 4.78 is 33.5. The molecule has 3 heterocycles. The molecular weight excluding hydrogens is 412 g/mol. The maximum Gasteiger partial charge on any atom is 0.243 e. The largest absolute Gasteiger partial charge is 0.419 e. The van der Waals surface area contributed by atoms with Gasteiger partial charge in [0.05, 0.1) is 4.90 Å². The van der Waals surface area contributed by atoms with Crippen molar-refractivity contribution >= 4 is 15.9 Å². The van der Waals surface area contributed by atoms with Gasteiger partial charge in [-0.3, -0.25) is 0 Å². The average molecular weight is 443 g/mol. The number of piperidine rings is 2. The SMILES string of the molecule is CC1CCN(S(=O)(=O)c2ccc(-c3nc(C#N)c(N4CC(C)CC(C)C4)o3)cc2)CC1. The molecule has 0 aliphatic carbocycles. The number of benzene rings is 1. The monoisotopic (exact) mass is 442 g/mol. The molecule has 0 amide bonds. The van der Waals surface area contributed by atoms with Crippen molar-refractivity contribution in [1.29, 1.82) is 5.26 Å². The van der Waals surface area contributed by atoms with Gasteiger partial charge in [0, 0.05) is 31.7 Å². The van der Waals surface area contributed by atoms with Crippen molar-refractivity contribution in [2.75, 3.05) is 31.1 Å². The summed E-state index contributed by atoms with van der Waals surface area (Å²) in [5, 5.41) is 9.57. The molecule has 0 radical (unpaired) electrons. The summed E-state index contributed by atoms with van der Waals surface area (Å²) in [6, 6.07) is 8.76. The molecule has 2 atom stereocenters. The second-order valence-electron chi connectivity index (χ2n) is 9.25. The molecule has 2 aliphatic heterocycles. The third-order valence-electron chi connectivity index (χ3n) is 6.35. The van der Waals surface area contributed by atoms with Crippen molar-refractivity contribution in [2.45, 2.75) is 44.9 Å². The van der Waals surface area contributed by atoms with Gasteiger partial charge in [-0.1, -0.05) is 20.8 Å². The third-order valence-corrected chi connectivity index (χ3v) is 8.27. The van der Waals surface area contributed by atoms with E-state index in [1.54, 1.807) is 28.6 Å². The van der Waals surface area contributed by atoms with E-state index in [2.05, 4.69) is 36.7 Å². The number of oxazole rings is 1. The summed E-state index contributed by atoms with van der Waals surface area (Å²) in [5.74, 6) is 2.45. The van der Waals surface area contributed by atoms with E-state index in [9.17, 15) is 13.7 Å². The molecule has 2 fully saturated rings. The number of hydrogen-bond acceptors (Lipinski definition) is 6. The first-order valence-corrected chi connectivity index (χ1v) is 12.5. The number of nitriles is 1. The van der Waals surface area contributed by atoms with E-state index < -0.39 is 10.0 Å². The zero-order valence-corrected chi connectivity index (χ0v) is 19.2. The van der Waals surface area contributed by atoms with Gasteiger partial charge >= 0.3 is 0 Å². The minimum Gasteiger partial charge on any atom is -0.419 e. The molecule has 8 heteroatoms. The lowest BCUT2D eigenvalue weighted by Gasteiger charge is -2.34. The van der Waals surface area contributed by atoms with Crippen LogP contribution in [0, 0.1) is 29.1 Å². The van der Waals surface area contributed by atoms with Gasteiger partial charge in [-0.05, 0) is 61.3 Å². The number of rotatable bonds is 4. The first-order valence-electron chi connectivity index (χ1n) is 11.0. The summed E-state index contributed by atoms with van der Waals surface area (Å²) in [4.78, 5) is 6.76. The van der Waals surface area contributed by atoms with Crippen molar-refractivity contribution in [2.24, 2.45) is 17.8 Å². The van der Waals surface area contributed by atoms with Crippen molar-refractivity contribution in [3.05, 3.63) is 30.0 Å². The van der Waals surface area contributed by atoms with Gasteiger partial charge in [-0.15, -0.1) is 0 Å². The first kappa shape index (κ1) is 21.8. The second kappa shape index (κ2) is 8.64. The summed E-state index contributed by atoms with van der Waals surface area (Å²) in [5.41, 5.74) is 0.933. The van der Waals surface area contributed by atoms with E-state index in [4.69, 9.17) is 4.42 Å². The van der Waals surface area contributed by atoms with Crippen LogP contribution < -0.4 is 4.90 Å². The van der Waals surface area contributed by atoms with E-state index in [1.807, 2.05) is 0 Å². The van der Waals surface area contributed by atoms with E-state index in [1.165, 1.54) is 0 Å². The van der Waals surface area contributed by atoms with Crippen LogP contribution in [0.1, 0.15) is 45.7 Å². The fourth-order valence-corrected chi connectivity index (χ4v) is 6.16. The predicted molar refractivity (Wildman–Crippen MR) is 119 cm³/mol. The third kappa shape index (κ3) is 4.48. The highest BCUT2D eigenvalue weighted by molar-refractivity contribution is 7.89. The molecule has 7 nitrogen and oxygen atoms in total. The standard InChI is InChI=1S/C23H30N4O3S/c1-16-8-10-27(11-9-16)31(28,29)20-6-4-19(5-7-20)22-25-21(13-24)23(30-22)26-14-17(2)12-18(3)15-26/h4-7,16-18H,8-12,14-15H2,1-3H3. The van der Waals surface area contributed by atoms with Crippen LogP contribution in [-0.2, 0) is 10.0 Å². The molecule has 31 heavy (non-hydrogen) atoms.